The highest BCUT2D eigenvalue weighted by Gasteiger charge is 2.02. The molecule has 0 fully saturated rings. The van der Waals surface area contributed by atoms with Crippen LogP contribution >= 0.6 is 31.9 Å². The van der Waals surface area contributed by atoms with Crippen LogP contribution in [0.1, 0.15) is 5.56 Å². The van der Waals surface area contributed by atoms with Crippen LogP contribution in [0.15, 0.2) is 45.1 Å². The second-order valence-electron chi connectivity index (χ2n) is 3.26. The Labute approximate surface area is 114 Å². The first kappa shape index (κ1) is 12.3. The Bertz CT molecular complexity index is 597. The van der Waals surface area contributed by atoms with Crippen LogP contribution in [-0.4, -0.2) is 19.7 Å². The number of rotatable bonds is 2. The number of hydrogen-bond donors (Lipinski definition) is 1. The third-order valence-electron chi connectivity index (χ3n) is 2.15. The molecular weight excluding hydrogens is 352 g/mol. The summed E-state index contributed by atoms with van der Waals surface area (Å²) >= 11 is 6.83. The van der Waals surface area contributed by atoms with Gasteiger partial charge in [-0.1, -0.05) is 5.16 Å². The Morgan fingerprint density at radius 2 is 2.24 bits per heavy atom. The van der Waals surface area contributed by atoms with E-state index in [4.69, 9.17) is 5.21 Å². The Balaban J connectivity index is 2.34. The zero-order valence-electron chi connectivity index (χ0n) is 8.59. The lowest BCUT2D eigenvalue weighted by molar-refractivity contribution is 0.298. The molecular formula is C10H8Br2N4O. The van der Waals surface area contributed by atoms with E-state index in [1.165, 1.54) is 0 Å². The third kappa shape index (κ3) is 2.92. The van der Waals surface area contributed by atoms with E-state index in [1.807, 2.05) is 10.6 Å². The number of halogens is 2. The summed E-state index contributed by atoms with van der Waals surface area (Å²) in [5.41, 5.74) is 1.35. The van der Waals surface area contributed by atoms with Gasteiger partial charge in [0.05, 0.1) is 17.5 Å². The minimum atomic E-state index is 0.266. The first-order chi connectivity index (χ1) is 8.20. The lowest BCUT2D eigenvalue weighted by Crippen LogP contribution is -2.13. The normalized spacial score (nSPS) is 11.8. The molecule has 2 rings (SSSR count). The fourth-order valence-corrected chi connectivity index (χ4v) is 2.09. The van der Waals surface area contributed by atoms with Crippen molar-refractivity contribution in [1.82, 2.24) is 14.5 Å². The van der Waals surface area contributed by atoms with E-state index >= 15 is 0 Å². The van der Waals surface area contributed by atoms with Gasteiger partial charge in [0.1, 0.15) is 0 Å². The van der Waals surface area contributed by atoms with Crippen molar-refractivity contribution in [3.05, 3.63) is 51.0 Å². The van der Waals surface area contributed by atoms with Crippen LogP contribution < -0.4 is 5.49 Å². The van der Waals surface area contributed by atoms with E-state index < -0.39 is 0 Å². The molecule has 2 heterocycles. The van der Waals surface area contributed by atoms with Crippen molar-refractivity contribution in [1.29, 1.82) is 0 Å². The average molecular weight is 360 g/mol. The molecule has 0 spiro atoms. The summed E-state index contributed by atoms with van der Waals surface area (Å²) in [5.74, 6) is 0. The van der Waals surface area contributed by atoms with Crippen LogP contribution in [0.2, 0.25) is 0 Å². The Morgan fingerprint density at radius 1 is 1.41 bits per heavy atom. The zero-order chi connectivity index (χ0) is 12.3. The molecule has 0 saturated heterocycles. The Hall–Kier alpha value is -1.21. The van der Waals surface area contributed by atoms with Gasteiger partial charge in [-0.3, -0.25) is 4.98 Å². The molecule has 0 aliphatic carbocycles. The molecule has 0 aliphatic heterocycles. The molecule has 2 aromatic rings. The molecule has 0 atom stereocenters. The van der Waals surface area contributed by atoms with E-state index in [-0.39, 0.29) is 5.49 Å². The van der Waals surface area contributed by atoms with Gasteiger partial charge in [-0.15, -0.1) is 0 Å². The molecule has 0 aliphatic rings. The molecule has 7 heteroatoms. The Morgan fingerprint density at radius 3 is 2.88 bits per heavy atom. The van der Waals surface area contributed by atoms with Crippen molar-refractivity contribution >= 4 is 31.9 Å². The van der Waals surface area contributed by atoms with Crippen LogP contribution in [0.5, 0.6) is 0 Å². The SMILES string of the molecule is ON=c1cc(Br)n(Cc2ccncc2Br)cn1. The molecule has 88 valence electrons. The van der Waals surface area contributed by atoms with Crippen molar-refractivity contribution in [3.63, 3.8) is 0 Å². The molecule has 0 radical (unpaired) electrons. The summed E-state index contributed by atoms with van der Waals surface area (Å²) in [7, 11) is 0. The molecule has 5 nitrogen and oxygen atoms in total. The van der Waals surface area contributed by atoms with Gasteiger partial charge in [-0.25, -0.2) is 4.98 Å². The van der Waals surface area contributed by atoms with Gasteiger partial charge in [-0.2, -0.15) is 0 Å². The maximum Gasteiger partial charge on any atom is 0.195 e. The summed E-state index contributed by atoms with van der Waals surface area (Å²) in [6.45, 7) is 0.641. The molecule has 0 saturated carbocycles. The largest absolute Gasteiger partial charge is 0.409 e. The molecule has 17 heavy (non-hydrogen) atoms. The summed E-state index contributed by atoms with van der Waals surface area (Å²) < 4.78 is 3.61. The summed E-state index contributed by atoms with van der Waals surface area (Å²) in [4.78, 5) is 7.97. The first-order valence-electron chi connectivity index (χ1n) is 4.69. The van der Waals surface area contributed by atoms with Crippen molar-refractivity contribution in [2.75, 3.05) is 0 Å². The van der Waals surface area contributed by atoms with E-state index in [2.05, 4.69) is 47.0 Å². The van der Waals surface area contributed by atoms with Crippen LogP contribution in [-0.2, 0) is 6.54 Å². The predicted molar refractivity (Wildman–Crippen MR) is 68.3 cm³/mol. The zero-order valence-corrected chi connectivity index (χ0v) is 11.8. The van der Waals surface area contributed by atoms with Crippen molar-refractivity contribution < 1.29 is 5.21 Å². The van der Waals surface area contributed by atoms with Gasteiger partial charge in [0.25, 0.3) is 0 Å². The van der Waals surface area contributed by atoms with Crippen LogP contribution in [0.25, 0.3) is 0 Å². The van der Waals surface area contributed by atoms with Gasteiger partial charge >= 0.3 is 0 Å². The summed E-state index contributed by atoms with van der Waals surface area (Å²) in [5, 5.41) is 11.6. The first-order valence-corrected chi connectivity index (χ1v) is 6.28. The molecule has 0 unspecified atom stereocenters. The highest BCUT2D eigenvalue weighted by molar-refractivity contribution is 9.10. The van der Waals surface area contributed by atoms with Crippen molar-refractivity contribution in [2.45, 2.75) is 6.54 Å². The second-order valence-corrected chi connectivity index (χ2v) is 4.93. The minimum absolute atomic E-state index is 0.266. The smallest absolute Gasteiger partial charge is 0.195 e. The number of nitrogens with zero attached hydrogens (tertiary/aromatic N) is 4. The van der Waals surface area contributed by atoms with Crippen LogP contribution in [0.4, 0.5) is 0 Å². The molecule has 1 N–H and O–H groups in total. The van der Waals surface area contributed by atoms with E-state index in [0.29, 0.717) is 6.54 Å². The third-order valence-corrected chi connectivity index (χ3v) is 3.55. The lowest BCUT2D eigenvalue weighted by atomic mass is 10.3. The number of pyridine rings is 1. The predicted octanol–water partition coefficient (Wildman–Crippen LogP) is 2.14. The van der Waals surface area contributed by atoms with Crippen LogP contribution in [0.3, 0.4) is 0 Å². The average Bonchev–Trinajstić information content (AvgIpc) is 2.34. The molecule has 0 amide bonds. The van der Waals surface area contributed by atoms with Crippen molar-refractivity contribution in [2.24, 2.45) is 5.16 Å². The van der Waals surface area contributed by atoms with Gasteiger partial charge in [0, 0.05) is 22.9 Å². The molecule has 0 aromatic carbocycles. The molecule has 2 aromatic heterocycles. The minimum Gasteiger partial charge on any atom is -0.409 e. The van der Waals surface area contributed by atoms with E-state index in [0.717, 1.165) is 14.6 Å². The van der Waals surface area contributed by atoms with Gasteiger partial charge in [-0.05, 0) is 43.5 Å². The maximum atomic E-state index is 8.60. The van der Waals surface area contributed by atoms with Gasteiger partial charge in [0.2, 0.25) is 0 Å². The number of hydrogen-bond acceptors (Lipinski definition) is 4. The van der Waals surface area contributed by atoms with Gasteiger partial charge < -0.3 is 9.77 Å². The Kier molecular flexibility index (Phi) is 3.90. The summed E-state index contributed by atoms with van der Waals surface area (Å²) in [6, 6.07) is 3.56. The topological polar surface area (TPSA) is 63.3 Å². The quantitative estimate of drug-likeness (QED) is 0.507. The van der Waals surface area contributed by atoms with Gasteiger partial charge in [0.15, 0.2) is 5.49 Å². The maximum absolute atomic E-state index is 8.60. The lowest BCUT2D eigenvalue weighted by Gasteiger charge is -2.09. The standard InChI is InChI=1S/C10H8Br2N4O/c11-8-4-13-2-1-7(8)5-16-6-14-10(15-17)3-9(16)12/h1-4,6,17H,5H2. The molecule has 0 bridgehead atoms. The number of aromatic nitrogens is 3. The summed E-state index contributed by atoms with van der Waals surface area (Å²) in [6.07, 6.45) is 5.08. The monoisotopic (exact) mass is 358 g/mol. The van der Waals surface area contributed by atoms with E-state index in [9.17, 15) is 0 Å². The second kappa shape index (κ2) is 5.42. The fourth-order valence-electron chi connectivity index (χ4n) is 1.30. The van der Waals surface area contributed by atoms with Crippen LogP contribution in [0, 0.1) is 0 Å². The van der Waals surface area contributed by atoms with E-state index in [1.54, 1.807) is 24.8 Å². The van der Waals surface area contributed by atoms with Crippen molar-refractivity contribution in [3.8, 4) is 0 Å². The highest BCUT2D eigenvalue weighted by atomic mass is 79.9. The highest BCUT2D eigenvalue weighted by Crippen LogP contribution is 2.17. The fraction of sp³-hybridized carbons (Fsp3) is 0.100.